The summed E-state index contributed by atoms with van der Waals surface area (Å²) >= 11 is 1.70. The van der Waals surface area contributed by atoms with Gasteiger partial charge >= 0.3 is 0 Å². The second kappa shape index (κ2) is 7.96. The van der Waals surface area contributed by atoms with Gasteiger partial charge in [0.25, 0.3) is 5.56 Å². The summed E-state index contributed by atoms with van der Waals surface area (Å²) in [5.41, 5.74) is 3.38. The molecule has 136 valence electrons. The van der Waals surface area contributed by atoms with Crippen molar-refractivity contribution in [3.8, 4) is 10.4 Å². The number of aryl methyl sites for hydroxylation is 4. The monoisotopic (exact) mass is 373 g/mol. The number of aromatic nitrogens is 1. The average molecular weight is 373 g/mol. The highest BCUT2D eigenvalue weighted by molar-refractivity contribution is 7.15. The van der Waals surface area contributed by atoms with E-state index < -0.39 is 11.6 Å². The molecule has 0 aliphatic heterocycles. The first-order chi connectivity index (χ1) is 12.5. The molecule has 3 aromatic rings. The summed E-state index contributed by atoms with van der Waals surface area (Å²) in [5, 5.41) is 0. The van der Waals surface area contributed by atoms with Gasteiger partial charge in [-0.3, -0.25) is 4.79 Å². The molecule has 0 atom stereocenters. The predicted octanol–water partition coefficient (Wildman–Crippen LogP) is 5.43. The van der Waals surface area contributed by atoms with Gasteiger partial charge < -0.3 is 4.98 Å². The first-order valence-corrected chi connectivity index (χ1v) is 9.54. The van der Waals surface area contributed by atoms with Crippen LogP contribution in [0.25, 0.3) is 10.4 Å². The SMILES string of the molecule is CCc1cc(-c2ccc(CCCc3cc(F)cc(F)c3)s2)c(C)[nH]c1=O. The van der Waals surface area contributed by atoms with Crippen molar-refractivity contribution < 1.29 is 8.78 Å². The fraction of sp³-hybridized carbons (Fsp3) is 0.286. The summed E-state index contributed by atoms with van der Waals surface area (Å²) in [4.78, 5) is 17.1. The number of halogens is 2. The van der Waals surface area contributed by atoms with E-state index in [1.165, 1.54) is 17.0 Å². The van der Waals surface area contributed by atoms with Gasteiger partial charge in [0.1, 0.15) is 11.6 Å². The van der Waals surface area contributed by atoms with Crippen molar-refractivity contribution in [1.82, 2.24) is 4.98 Å². The summed E-state index contributed by atoms with van der Waals surface area (Å²) in [7, 11) is 0. The molecule has 0 saturated heterocycles. The third kappa shape index (κ3) is 4.28. The van der Waals surface area contributed by atoms with Crippen LogP contribution in [0.1, 0.15) is 35.0 Å². The van der Waals surface area contributed by atoms with E-state index in [-0.39, 0.29) is 5.56 Å². The maximum absolute atomic E-state index is 13.2. The summed E-state index contributed by atoms with van der Waals surface area (Å²) in [6, 6.07) is 9.80. The third-order valence-electron chi connectivity index (χ3n) is 4.43. The Labute approximate surface area is 155 Å². The maximum Gasteiger partial charge on any atom is 0.251 e. The Balaban J connectivity index is 1.69. The van der Waals surface area contributed by atoms with Gasteiger partial charge in [-0.1, -0.05) is 6.92 Å². The maximum atomic E-state index is 13.2. The molecule has 0 aliphatic carbocycles. The predicted molar refractivity (Wildman–Crippen MR) is 103 cm³/mol. The Morgan fingerprint density at radius 2 is 1.77 bits per heavy atom. The quantitative estimate of drug-likeness (QED) is 0.614. The highest BCUT2D eigenvalue weighted by atomic mass is 32.1. The fourth-order valence-corrected chi connectivity index (χ4v) is 4.19. The van der Waals surface area contributed by atoms with Crippen LogP contribution >= 0.6 is 11.3 Å². The van der Waals surface area contributed by atoms with Crippen LogP contribution in [-0.4, -0.2) is 4.98 Å². The van der Waals surface area contributed by atoms with Gasteiger partial charge in [0.15, 0.2) is 0 Å². The molecule has 0 aliphatic rings. The second-order valence-corrected chi connectivity index (χ2v) is 7.58. The summed E-state index contributed by atoms with van der Waals surface area (Å²) < 4.78 is 26.5. The molecule has 2 nitrogen and oxygen atoms in total. The van der Waals surface area contributed by atoms with E-state index in [0.29, 0.717) is 18.4 Å². The number of H-pyrrole nitrogens is 1. The smallest absolute Gasteiger partial charge is 0.251 e. The zero-order valence-corrected chi connectivity index (χ0v) is 15.7. The summed E-state index contributed by atoms with van der Waals surface area (Å²) in [6.07, 6.45) is 3.02. The molecule has 1 aromatic carbocycles. The van der Waals surface area contributed by atoms with Crippen molar-refractivity contribution in [2.24, 2.45) is 0 Å². The van der Waals surface area contributed by atoms with Crippen LogP contribution in [0, 0.1) is 18.6 Å². The van der Waals surface area contributed by atoms with Crippen LogP contribution in [0.2, 0.25) is 0 Å². The van der Waals surface area contributed by atoms with Gasteiger partial charge in [-0.2, -0.15) is 0 Å². The fourth-order valence-electron chi connectivity index (χ4n) is 3.06. The van der Waals surface area contributed by atoms with Gasteiger partial charge in [0.2, 0.25) is 0 Å². The topological polar surface area (TPSA) is 32.9 Å². The van der Waals surface area contributed by atoms with Crippen molar-refractivity contribution in [2.75, 3.05) is 0 Å². The number of aromatic amines is 1. The first-order valence-electron chi connectivity index (χ1n) is 8.73. The summed E-state index contributed by atoms with van der Waals surface area (Å²) in [6.45, 7) is 3.88. The van der Waals surface area contributed by atoms with E-state index in [1.54, 1.807) is 11.3 Å². The molecular formula is C21H21F2NOS. The lowest BCUT2D eigenvalue weighted by atomic mass is 10.1. The van der Waals surface area contributed by atoms with E-state index in [4.69, 9.17) is 0 Å². The molecular weight excluding hydrogens is 352 g/mol. The third-order valence-corrected chi connectivity index (χ3v) is 5.61. The van der Waals surface area contributed by atoms with Gasteiger partial charge in [0, 0.05) is 32.6 Å². The Hall–Kier alpha value is -2.27. The molecule has 0 unspecified atom stereocenters. The number of thiophene rings is 1. The molecule has 0 spiro atoms. The van der Waals surface area contributed by atoms with Crippen LogP contribution in [0.15, 0.2) is 41.2 Å². The second-order valence-electron chi connectivity index (χ2n) is 6.41. The Morgan fingerprint density at radius 3 is 2.46 bits per heavy atom. The number of rotatable bonds is 6. The van der Waals surface area contributed by atoms with E-state index in [2.05, 4.69) is 17.1 Å². The Morgan fingerprint density at radius 1 is 1.04 bits per heavy atom. The van der Waals surface area contributed by atoms with Crippen molar-refractivity contribution in [1.29, 1.82) is 0 Å². The number of benzene rings is 1. The normalized spacial score (nSPS) is 11.1. The molecule has 1 N–H and O–H groups in total. The Bertz CT molecular complexity index is 954. The number of pyridine rings is 1. The standard InChI is InChI=1S/C21H21F2NOS/c1-3-15-11-19(13(2)24-21(15)25)20-8-7-18(26-20)6-4-5-14-9-16(22)12-17(23)10-14/h7-12H,3-6H2,1-2H3,(H,24,25). The van der Waals surface area contributed by atoms with E-state index >= 15 is 0 Å². The first kappa shape index (κ1) is 18.5. The molecule has 0 bridgehead atoms. The molecule has 0 saturated carbocycles. The van der Waals surface area contributed by atoms with Crippen molar-refractivity contribution in [2.45, 2.75) is 39.5 Å². The molecule has 0 amide bonds. The minimum absolute atomic E-state index is 0.0205. The zero-order valence-electron chi connectivity index (χ0n) is 14.9. The van der Waals surface area contributed by atoms with Gasteiger partial charge in [-0.05, 0) is 68.5 Å². The van der Waals surface area contributed by atoms with Gasteiger partial charge in [0.05, 0.1) is 0 Å². The highest BCUT2D eigenvalue weighted by Crippen LogP contribution is 2.30. The van der Waals surface area contributed by atoms with E-state index in [1.807, 2.05) is 19.9 Å². The minimum atomic E-state index is -0.529. The van der Waals surface area contributed by atoms with Crippen LogP contribution in [0.3, 0.4) is 0 Å². The Kier molecular flexibility index (Phi) is 5.67. The average Bonchev–Trinajstić information content (AvgIpc) is 3.03. The molecule has 0 fully saturated rings. The van der Waals surface area contributed by atoms with Crippen LogP contribution in [0.4, 0.5) is 8.78 Å². The lowest BCUT2D eigenvalue weighted by molar-refractivity contribution is 0.578. The van der Waals surface area contributed by atoms with Gasteiger partial charge in [-0.25, -0.2) is 8.78 Å². The molecule has 0 radical (unpaired) electrons. The van der Waals surface area contributed by atoms with Crippen LogP contribution in [-0.2, 0) is 19.3 Å². The van der Waals surface area contributed by atoms with Crippen LogP contribution in [0.5, 0.6) is 0 Å². The lowest BCUT2D eigenvalue weighted by Gasteiger charge is -2.05. The van der Waals surface area contributed by atoms with Crippen molar-refractivity contribution >= 4 is 11.3 Å². The number of nitrogens with one attached hydrogen (secondary N) is 1. The molecule has 5 heteroatoms. The molecule has 2 heterocycles. The zero-order chi connectivity index (χ0) is 18.7. The molecule has 2 aromatic heterocycles. The van der Waals surface area contributed by atoms with Crippen molar-refractivity contribution in [3.63, 3.8) is 0 Å². The lowest BCUT2D eigenvalue weighted by Crippen LogP contribution is -2.13. The van der Waals surface area contributed by atoms with Crippen LogP contribution < -0.4 is 5.56 Å². The largest absolute Gasteiger partial charge is 0.326 e. The van der Waals surface area contributed by atoms with E-state index in [9.17, 15) is 13.6 Å². The number of hydrogen-bond donors (Lipinski definition) is 1. The number of hydrogen-bond acceptors (Lipinski definition) is 2. The van der Waals surface area contributed by atoms with E-state index in [0.717, 1.165) is 40.6 Å². The summed E-state index contributed by atoms with van der Waals surface area (Å²) in [5.74, 6) is -1.06. The minimum Gasteiger partial charge on any atom is -0.326 e. The molecule has 3 rings (SSSR count). The molecule has 26 heavy (non-hydrogen) atoms. The van der Waals surface area contributed by atoms with Crippen molar-refractivity contribution in [3.05, 3.63) is 80.1 Å². The highest BCUT2D eigenvalue weighted by Gasteiger charge is 2.10. The van der Waals surface area contributed by atoms with Gasteiger partial charge in [-0.15, -0.1) is 11.3 Å².